The molecule has 0 bridgehead atoms. The third-order valence-electron chi connectivity index (χ3n) is 3.47. The molecule has 3 nitrogen and oxygen atoms in total. The van der Waals surface area contributed by atoms with Gasteiger partial charge in [0.2, 0.25) is 0 Å². The first-order chi connectivity index (χ1) is 8.18. The summed E-state index contributed by atoms with van der Waals surface area (Å²) in [4.78, 5) is 2.56. The van der Waals surface area contributed by atoms with Crippen LogP contribution in [0.1, 0.15) is 13.8 Å². The highest BCUT2D eigenvalue weighted by molar-refractivity contribution is 5.42. The van der Waals surface area contributed by atoms with Crippen molar-refractivity contribution in [3.05, 3.63) is 30.3 Å². The van der Waals surface area contributed by atoms with E-state index in [4.69, 9.17) is 0 Å². The van der Waals surface area contributed by atoms with Gasteiger partial charge in [0.1, 0.15) is 0 Å². The molecule has 94 valence electrons. The van der Waals surface area contributed by atoms with Crippen LogP contribution in [-0.2, 0) is 0 Å². The van der Waals surface area contributed by atoms with Crippen LogP contribution in [0.25, 0.3) is 0 Å². The fraction of sp³-hybridized carbons (Fsp3) is 0.571. The zero-order chi connectivity index (χ0) is 12.1. The van der Waals surface area contributed by atoms with Crippen molar-refractivity contribution in [1.82, 2.24) is 10.2 Å². The Morgan fingerprint density at radius 1 is 1.18 bits per heavy atom. The van der Waals surface area contributed by atoms with E-state index in [0.717, 1.165) is 32.7 Å². The molecular formula is C14H23N3. The lowest BCUT2D eigenvalue weighted by Crippen LogP contribution is -2.56. The molecule has 3 heteroatoms. The number of nitrogens with zero attached hydrogens (tertiary/aromatic N) is 1. The Morgan fingerprint density at radius 2 is 1.82 bits per heavy atom. The van der Waals surface area contributed by atoms with Crippen molar-refractivity contribution >= 4 is 5.69 Å². The van der Waals surface area contributed by atoms with Crippen molar-refractivity contribution in [3.8, 4) is 0 Å². The molecule has 0 aromatic heterocycles. The van der Waals surface area contributed by atoms with Gasteiger partial charge >= 0.3 is 0 Å². The zero-order valence-corrected chi connectivity index (χ0v) is 10.9. The number of hydrogen-bond donors (Lipinski definition) is 2. The van der Waals surface area contributed by atoms with E-state index in [1.54, 1.807) is 0 Å². The Balaban J connectivity index is 1.88. The minimum absolute atomic E-state index is 0.206. The fourth-order valence-electron chi connectivity index (χ4n) is 2.26. The normalized spacial score (nSPS) is 18.0. The molecule has 2 N–H and O–H groups in total. The first-order valence-corrected chi connectivity index (χ1v) is 6.43. The third kappa shape index (κ3) is 3.45. The van der Waals surface area contributed by atoms with E-state index in [1.807, 2.05) is 6.07 Å². The Hall–Kier alpha value is -1.06. The molecule has 0 aliphatic carbocycles. The van der Waals surface area contributed by atoms with E-state index < -0.39 is 0 Å². The molecule has 1 aromatic carbocycles. The van der Waals surface area contributed by atoms with Crippen LogP contribution in [0.3, 0.4) is 0 Å². The average Bonchev–Trinajstić information content (AvgIpc) is 2.39. The van der Waals surface area contributed by atoms with Crippen LogP contribution in [0.4, 0.5) is 5.69 Å². The topological polar surface area (TPSA) is 27.3 Å². The lowest BCUT2D eigenvalue weighted by molar-refractivity contribution is 0.114. The number of hydrogen-bond acceptors (Lipinski definition) is 3. The van der Waals surface area contributed by atoms with Crippen LogP contribution < -0.4 is 10.6 Å². The molecule has 0 saturated carbocycles. The molecule has 1 aromatic rings. The summed E-state index contributed by atoms with van der Waals surface area (Å²) in [6, 6.07) is 10.4. The largest absolute Gasteiger partial charge is 0.383 e. The van der Waals surface area contributed by atoms with Crippen LogP contribution in [-0.4, -0.2) is 43.2 Å². The van der Waals surface area contributed by atoms with E-state index in [0.29, 0.717) is 0 Å². The summed E-state index contributed by atoms with van der Waals surface area (Å²) in [5.41, 5.74) is 1.41. The molecule has 1 heterocycles. The maximum absolute atomic E-state index is 3.52. The van der Waals surface area contributed by atoms with Crippen LogP contribution in [0.2, 0.25) is 0 Å². The molecule has 0 amide bonds. The monoisotopic (exact) mass is 233 g/mol. The average molecular weight is 233 g/mol. The smallest absolute Gasteiger partial charge is 0.0340 e. The van der Waals surface area contributed by atoms with Crippen molar-refractivity contribution in [2.45, 2.75) is 19.4 Å². The van der Waals surface area contributed by atoms with E-state index in [1.165, 1.54) is 5.69 Å². The number of benzene rings is 1. The number of nitrogens with one attached hydrogen (secondary N) is 2. The van der Waals surface area contributed by atoms with Gasteiger partial charge in [-0.05, 0) is 26.0 Å². The summed E-state index contributed by atoms with van der Waals surface area (Å²) in [5, 5.41) is 6.92. The predicted molar refractivity (Wildman–Crippen MR) is 73.5 cm³/mol. The van der Waals surface area contributed by atoms with E-state index in [2.05, 4.69) is 53.6 Å². The van der Waals surface area contributed by atoms with Gasteiger partial charge in [0.05, 0.1) is 0 Å². The molecule has 1 fully saturated rings. The van der Waals surface area contributed by atoms with Crippen LogP contribution in [0, 0.1) is 0 Å². The zero-order valence-electron chi connectivity index (χ0n) is 10.9. The molecule has 17 heavy (non-hydrogen) atoms. The standard InChI is InChI=1S/C14H23N3/c1-14(2,17-10-8-15-9-11-17)12-16-13-6-4-3-5-7-13/h3-7,15-16H,8-12H2,1-2H3. The van der Waals surface area contributed by atoms with Gasteiger partial charge in [0.15, 0.2) is 0 Å². The highest BCUT2D eigenvalue weighted by Crippen LogP contribution is 2.16. The second-order valence-electron chi connectivity index (χ2n) is 5.27. The van der Waals surface area contributed by atoms with E-state index in [-0.39, 0.29) is 5.54 Å². The minimum Gasteiger partial charge on any atom is -0.383 e. The van der Waals surface area contributed by atoms with Gasteiger partial charge in [0, 0.05) is 44.0 Å². The van der Waals surface area contributed by atoms with Crippen molar-refractivity contribution in [3.63, 3.8) is 0 Å². The first kappa shape index (κ1) is 12.4. The Kier molecular flexibility index (Phi) is 4.02. The quantitative estimate of drug-likeness (QED) is 0.830. The highest BCUT2D eigenvalue weighted by Gasteiger charge is 2.27. The van der Waals surface area contributed by atoms with E-state index >= 15 is 0 Å². The van der Waals surface area contributed by atoms with Gasteiger partial charge in [-0.15, -0.1) is 0 Å². The highest BCUT2D eigenvalue weighted by atomic mass is 15.2. The van der Waals surface area contributed by atoms with Gasteiger partial charge in [-0.3, -0.25) is 4.90 Å². The van der Waals surface area contributed by atoms with Gasteiger partial charge in [-0.25, -0.2) is 0 Å². The fourth-order valence-corrected chi connectivity index (χ4v) is 2.26. The Bertz CT molecular complexity index is 329. The molecule has 0 atom stereocenters. The van der Waals surface area contributed by atoms with E-state index in [9.17, 15) is 0 Å². The second-order valence-corrected chi connectivity index (χ2v) is 5.27. The van der Waals surface area contributed by atoms with Crippen molar-refractivity contribution in [2.75, 3.05) is 38.0 Å². The molecule has 0 unspecified atom stereocenters. The number of piperazine rings is 1. The molecule has 0 radical (unpaired) electrons. The molecule has 1 aliphatic rings. The van der Waals surface area contributed by atoms with Crippen molar-refractivity contribution in [2.24, 2.45) is 0 Å². The molecule has 1 aliphatic heterocycles. The summed E-state index contributed by atoms with van der Waals surface area (Å²) in [7, 11) is 0. The van der Waals surface area contributed by atoms with Gasteiger partial charge < -0.3 is 10.6 Å². The SMILES string of the molecule is CC(C)(CNc1ccccc1)N1CCNCC1. The van der Waals surface area contributed by atoms with Crippen molar-refractivity contribution in [1.29, 1.82) is 0 Å². The summed E-state index contributed by atoms with van der Waals surface area (Å²) in [6.07, 6.45) is 0. The maximum Gasteiger partial charge on any atom is 0.0340 e. The summed E-state index contributed by atoms with van der Waals surface area (Å²) < 4.78 is 0. The minimum atomic E-state index is 0.206. The summed E-state index contributed by atoms with van der Waals surface area (Å²) in [6.45, 7) is 10.1. The number of anilines is 1. The first-order valence-electron chi connectivity index (χ1n) is 6.43. The van der Waals surface area contributed by atoms with Crippen LogP contribution in [0.5, 0.6) is 0 Å². The van der Waals surface area contributed by atoms with Crippen LogP contribution >= 0.6 is 0 Å². The lowest BCUT2D eigenvalue weighted by Gasteiger charge is -2.41. The summed E-state index contributed by atoms with van der Waals surface area (Å²) >= 11 is 0. The van der Waals surface area contributed by atoms with Gasteiger partial charge in [-0.1, -0.05) is 18.2 Å². The summed E-state index contributed by atoms with van der Waals surface area (Å²) in [5.74, 6) is 0. The Labute approximate surface area is 104 Å². The third-order valence-corrected chi connectivity index (χ3v) is 3.47. The Morgan fingerprint density at radius 3 is 2.47 bits per heavy atom. The predicted octanol–water partition coefficient (Wildman–Crippen LogP) is 1.78. The number of rotatable bonds is 4. The second kappa shape index (κ2) is 5.52. The van der Waals surface area contributed by atoms with Crippen molar-refractivity contribution < 1.29 is 0 Å². The van der Waals surface area contributed by atoms with Gasteiger partial charge in [-0.2, -0.15) is 0 Å². The number of para-hydroxylation sites is 1. The van der Waals surface area contributed by atoms with Crippen LogP contribution in [0.15, 0.2) is 30.3 Å². The lowest BCUT2D eigenvalue weighted by atomic mass is 10.0. The molecule has 1 saturated heterocycles. The maximum atomic E-state index is 3.52. The molecule has 0 spiro atoms. The van der Waals surface area contributed by atoms with Gasteiger partial charge in [0.25, 0.3) is 0 Å². The molecule has 2 rings (SSSR count). The molecular weight excluding hydrogens is 210 g/mol.